The lowest BCUT2D eigenvalue weighted by Crippen LogP contribution is -2.26. The van der Waals surface area contributed by atoms with E-state index in [4.69, 9.17) is 4.52 Å². The van der Waals surface area contributed by atoms with E-state index < -0.39 is 0 Å². The molecule has 0 aliphatic carbocycles. The second kappa shape index (κ2) is 5.16. The Morgan fingerprint density at radius 1 is 1.39 bits per heavy atom. The van der Waals surface area contributed by atoms with E-state index in [0.29, 0.717) is 17.4 Å². The Morgan fingerprint density at radius 2 is 2.33 bits per heavy atom. The third kappa shape index (κ3) is 2.30. The third-order valence-corrected chi connectivity index (χ3v) is 3.66. The number of aromatic nitrogens is 3. The molecular formula is C12H13BrN4O. The van der Waals surface area contributed by atoms with Gasteiger partial charge in [-0.1, -0.05) is 11.6 Å². The minimum atomic E-state index is 0.183. The molecule has 0 aromatic carbocycles. The summed E-state index contributed by atoms with van der Waals surface area (Å²) in [4.78, 5) is 8.69. The number of pyridine rings is 1. The minimum absolute atomic E-state index is 0.183. The maximum absolute atomic E-state index is 5.33. The molecule has 1 saturated heterocycles. The van der Waals surface area contributed by atoms with Gasteiger partial charge in [0.25, 0.3) is 0 Å². The van der Waals surface area contributed by atoms with Gasteiger partial charge in [0, 0.05) is 10.7 Å². The molecule has 1 aliphatic heterocycles. The molecule has 94 valence electrons. The fraction of sp³-hybridized carbons (Fsp3) is 0.417. The molecule has 0 saturated carbocycles. The number of piperidine rings is 1. The Bertz CT molecular complexity index is 536. The molecule has 0 amide bonds. The van der Waals surface area contributed by atoms with Gasteiger partial charge in [0.2, 0.25) is 11.7 Å². The quantitative estimate of drug-likeness (QED) is 0.924. The van der Waals surface area contributed by atoms with Crippen LogP contribution in [0.2, 0.25) is 0 Å². The molecule has 1 aliphatic rings. The highest BCUT2D eigenvalue weighted by Crippen LogP contribution is 2.26. The zero-order chi connectivity index (χ0) is 12.4. The zero-order valence-corrected chi connectivity index (χ0v) is 11.4. The van der Waals surface area contributed by atoms with Crippen molar-refractivity contribution in [2.24, 2.45) is 0 Å². The van der Waals surface area contributed by atoms with Gasteiger partial charge in [0.15, 0.2) is 0 Å². The number of hydrogen-bond donors (Lipinski definition) is 1. The summed E-state index contributed by atoms with van der Waals surface area (Å²) < 4.78 is 6.20. The Kier molecular flexibility index (Phi) is 3.38. The molecule has 0 spiro atoms. The summed E-state index contributed by atoms with van der Waals surface area (Å²) >= 11 is 3.44. The largest absolute Gasteiger partial charge is 0.337 e. The van der Waals surface area contributed by atoms with E-state index in [2.05, 4.69) is 36.4 Å². The number of halogens is 1. The molecule has 1 N–H and O–H groups in total. The Hall–Kier alpha value is -1.27. The highest BCUT2D eigenvalue weighted by Gasteiger charge is 2.22. The fourth-order valence-electron chi connectivity index (χ4n) is 2.09. The van der Waals surface area contributed by atoms with Crippen LogP contribution in [-0.2, 0) is 0 Å². The van der Waals surface area contributed by atoms with E-state index >= 15 is 0 Å². The number of nitrogens with one attached hydrogen (secondary N) is 1. The standard InChI is InChI=1S/C12H13BrN4O/c13-8-4-3-7-15-10(8)11-16-12(18-17-11)9-5-1-2-6-14-9/h3-4,7,9,14H,1-2,5-6H2/t9-/m1/s1. The van der Waals surface area contributed by atoms with Gasteiger partial charge in [-0.25, -0.2) is 0 Å². The first-order chi connectivity index (χ1) is 8.84. The topological polar surface area (TPSA) is 63.8 Å². The van der Waals surface area contributed by atoms with Crippen LogP contribution in [-0.4, -0.2) is 21.7 Å². The van der Waals surface area contributed by atoms with Gasteiger partial charge >= 0.3 is 0 Å². The van der Waals surface area contributed by atoms with Crippen LogP contribution in [0.5, 0.6) is 0 Å². The first-order valence-electron chi connectivity index (χ1n) is 6.02. The van der Waals surface area contributed by atoms with Crippen molar-refractivity contribution >= 4 is 15.9 Å². The summed E-state index contributed by atoms with van der Waals surface area (Å²) in [5.74, 6) is 1.19. The van der Waals surface area contributed by atoms with Crippen molar-refractivity contribution in [3.8, 4) is 11.5 Å². The predicted octanol–water partition coefficient (Wildman–Crippen LogP) is 2.71. The maximum Gasteiger partial charge on any atom is 0.244 e. The molecule has 1 atom stereocenters. The predicted molar refractivity (Wildman–Crippen MR) is 69.8 cm³/mol. The lowest BCUT2D eigenvalue weighted by molar-refractivity contribution is 0.297. The summed E-state index contributed by atoms with van der Waals surface area (Å²) in [5, 5.41) is 7.39. The van der Waals surface area contributed by atoms with Crippen molar-refractivity contribution in [1.29, 1.82) is 0 Å². The van der Waals surface area contributed by atoms with Gasteiger partial charge in [-0.15, -0.1) is 0 Å². The second-order valence-corrected chi connectivity index (χ2v) is 5.15. The van der Waals surface area contributed by atoms with Crippen LogP contribution < -0.4 is 5.32 Å². The van der Waals surface area contributed by atoms with Gasteiger partial charge in [0.1, 0.15) is 5.69 Å². The molecular weight excluding hydrogens is 296 g/mol. The van der Waals surface area contributed by atoms with Crippen LogP contribution in [0.15, 0.2) is 27.3 Å². The highest BCUT2D eigenvalue weighted by atomic mass is 79.9. The summed E-state index contributed by atoms with van der Waals surface area (Å²) in [5.41, 5.74) is 0.711. The third-order valence-electron chi connectivity index (χ3n) is 3.02. The van der Waals surface area contributed by atoms with E-state index in [-0.39, 0.29) is 6.04 Å². The van der Waals surface area contributed by atoms with E-state index in [1.54, 1.807) is 6.20 Å². The molecule has 0 radical (unpaired) electrons. The van der Waals surface area contributed by atoms with Crippen LogP contribution in [0, 0.1) is 0 Å². The summed E-state index contributed by atoms with van der Waals surface area (Å²) in [7, 11) is 0. The van der Waals surface area contributed by atoms with Crippen molar-refractivity contribution in [1.82, 2.24) is 20.4 Å². The van der Waals surface area contributed by atoms with Crippen molar-refractivity contribution < 1.29 is 4.52 Å². The number of hydrogen-bond acceptors (Lipinski definition) is 5. The second-order valence-electron chi connectivity index (χ2n) is 4.29. The lowest BCUT2D eigenvalue weighted by Gasteiger charge is -2.19. The molecule has 1 fully saturated rings. The summed E-state index contributed by atoms with van der Waals surface area (Å²) in [6.45, 7) is 1.01. The molecule has 2 aromatic rings. The SMILES string of the molecule is Brc1cccnc1-c1noc([C@H]2CCCCN2)n1. The summed E-state index contributed by atoms with van der Waals surface area (Å²) in [6, 6.07) is 3.96. The van der Waals surface area contributed by atoms with Gasteiger partial charge in [0.05, 0.1) is 6.04 Å². The zero-order valence-electron chi connectivity index (χ0n) is 9.77. The van der Waals surface area contributed by atoms with Crippen molar-refractivity contribution in [3.05, 3.63) is 28.7 Å². The Labute approximate surface area is 113 Å². The van der Waals surface area contributed by atoms with Crippen LogP contribution in [0.1, 0.15) is 31.2 Å². The molecule has 5 nitrogen and oxygen atoms in total. The molecule has 0 unspecified atom stereocenters. The van der Waals surface area contributed by atoms with Crippen molar-refractivity contribution in [2.75, 3.05) is 6.54 Å². The van der Waals surface area contributed by atoms with Crippen LogP contribution in [0.4, 0.5) is 0 Å². The van der Waals surface area contributed by atoms with E-state index in [1.807, 2.05) is 12.1 Å². The number of rotatable bonds is 2. The van der Waals surface area contributed by atoms with Gasteiger partial charge in [-0.2, -0.15) is 4.98 Å². The molecule has 3 rings (SSSR count). The van der Waals surface area contributed by atoms with E-state index in [9.17, 15) is 0 Å². The normalized spacial score (nSPS) is 19.9. The van der Waals surface area contributed by atoms with E-state index in [0.717, 1.165) is 17.4 Å². The highest BCUT2D eigenvalue weighted by molar-refractivity contribution is 9.10. The van der Waals surface area contributed by atoms with Crippen molar-refractivity contribution in [2.45, 2.75) is 25.3 Å². The van der Waals surface area contributed by atoms with Crippen molar-refractivity contribution in [3.63, 3.8) is 0 Å². The van der Waals surface area contributed by atoms with Gasteiger partial charge in [-0.3, -0.25) is 4.98 Å². The van der Waals surface area contributed by atoms with Crippen LogP contribution >= 0.6 is 15.9 Å². The van der Waals surface area contributed by atoms with E-state index in [1.165, 1.54) is 12.8 Å². The molecule has 0 bridgehead atoms. The summed E-state index contributed by atoms with van der Waals surface area (Å²) in [6.07, 6.45) is 5.17. The monoisotopic (exact) mass is 308 g/mol. The molecule has 18 heavy (non-hydrogen) atoms. The molecule has 2 aromatic heterocycles. The van der Waals surface area contributed by atoms with Crippen LogP contribution in [0.25, 0.3) is 11.5 Å². The Balaban J connectivity index is 1.87. The maximum atomic E-state index is 5.33. The van der Waals surface area contributed by atoms with Gasteiger partial charge in [-0.05, 0) is 47.4 Å². The first-order valence-corrected chi connectivity index (χ1v) is 6.82. The fourth-order valence-corrected chi connectivity index (χ4v) is 2.52. The average Bonchev–Trinajstić information content (AvgIpc) is 2.90. The first kappa shape index (κ1) is 11.8. The molecule has 6 heteroatoms. The number of nitrogens with zero attached hydrogens (tertiary/aromatic N) is 3. The lowest BCUT2D eigenvalue weighted by atomic mass is 10.1. The van der Waals surface area contributed by atoms with Gasteiger partial charge < -0.3 is 9.84 Å². The Morgan fingerprint density at radius 3 is 3.11 bits per heavy atom. The molecule has 3 heterocycles. The smallest absolute Gasteiger partial charge is 0.244 e. The van der Waals surface area contributed by atoms with Crippen LogP contribution in [0.3, 0.4) is 0 Å². The minimum Gasteiger partial charge on any atom is -0.337 e. The average molecular weight is 309 g/mol.